The molecule has 4 aromatic heterocycles. The molecule has 0 fully saturated rings. The van der Waals surface area contributed by atoms with Crippen molar-refractivity contribution in [2.24, 2.45) is 5.92 Å². The quantitative estimate of drug-likeness (QED) is 0.447. The van der Waals surface area contributed by atoms with Gasteiger partial charge in [-0.25, -0.2) is 19.9 Å². The van der Waals surface area contributed by atoms with Crippen LogP contribution in [0, 0.1) is 5.92 Å². The summed E-state index contributed by atoms with van der Waals surface area (Å²) in [5, 5.41) is 7.39. The molecule has 0 aromatic carbocycles. The number of nitrogens with two attached hydrogens (primary N) is 1. The number of hydrogen-bond donors (Lipinski definition) is 2. The van der Waals surface area contributed by atoms with Gasteiger partial charge in [0.25, 0.3) is 5.89 Å². The maximum atomic E-state index is 5.57. The van der Waals surface area contributed by atoms with Gasteiger partial charge in [-0.15, -0.1) is 0 Å². The number of hydrogen-bond acceptors (Lipinski definition) is 10. The maximum Gasteiger partial charge on any atom is 0.278 e. The van der Waals surface area contributed by atoms with E-state index in [1.54, 1.807) is 24.8 Å². The number of pyridine rings is 1. The molecule has 0 aliphatic rings. The van der Waals surface area contributed by atoms with Gasteiger partial charge in [0, 0.05) is 30.7 Å². The summed E-state index contributed by atoms with van der Waals surface area (Å²) in [4.78, 5) is 26.0. The molecule has 164 valence electrons. The molecule has 0 saturated heterocycles. The molecular weight excluding hydrogens is 406 g/mol. The van der Waals surface area contributed by atoms with E-state index in [4.69, 9.17) is 10.3 Å². The lowest BCUT2D eigenvalue weighted by molar-refractivity contribution is 0.350. The molecule has 0 aliphatic carbocycles. The molecule has 1 atom stereocenters. The number of nitrogen functional groups attached to an aromatic ring is 1. The van der Waals surface area contributed by atoms with Crippen molar-refractivity contribution in [3.8, 4) is 22.8 Å². The van der Waals surface area contributed by atoms with Crippen LogP contribution >= 0.6 is 0 Å². The van der Waals surface area contributed by atoms with E-state index < -0.39 is 5.41 Å². The van der Waals surface area contributed by atoms with E-state index in [0.717, 1.165) is 23.4 Å². The van der Waals surface area contributed by atoms with E-state index >= 15 is 0 Å². The number of aromatic nitrogens is 7. The van der Waals surface area contributed by atoms with Gasteiger partial charge in [0.1, 0.15) is 11.5 Å². The molecular formula is C22H25N9O. The van der Waals surface area contributed by atoms with Crippen molar-refractivity contribution in [2.75, 3.05) is 17.6 Å². The van der Waals surface area contributed by atoms with Gasteiger partial charge in [-0.05, 0) is 31.4 Å². The van der Waals surface area contributed by atoms with Gasteiger partial charge in [-0.1, -0.05) is 25.1 Å². The first kappa shape index (κ1) is 21.3. The van der Waals surface area contributed by atoms with Crippen molar-refractivity contribution in [2.45, 2.75) is 33.1 Å². The SMILES string of the molecule is CCNc1cnc(-c2nc([C@@](C)(c3ccc(-c4cnc(N)nc4)nc3)C(C)C)no2)cn1. The van der Waals surface area contributed by atoms with Crippen LogP contribution in [0.5, 0.6) is 0 Å². The molecule has 32 heavy (non-hydrogen) atoms. The monoisotopic (exact) mass is 431 g/mol. The van der Waals surface area contributed by atoms with E-state index in [9.17, 15) is 0 Å². The summed E-state index contributed by atoms with van der Waals surface area (Å²) >= 11 is 0. The molecule has 0 radical (unpaired) electrons. The van der Waals surface area contributed by atoms with Gasteiger partial charge >= 0.3 is 0 Å². The zero-order valence-corrected chi connectivity index (χ0v) is 18.4. The highest BCUT2D eigenvalue weighted by Gasteiger charge is 2.38. The summed E-state index contributed by atoms with van der Waals surface area (Å²) in [6, 6.07) is 3.94. The van der Waals surface area contributed by atoms with Crippen LogP contribution in [0.2, 0.25) is 0 Å². The van der Waals surface area contributed by atoms with Crippen LogP contribution in [-0.2, 0) is 5.41 Å². The van der Waals surface area contributed by atoms with Gasteiger partial charge in [0.05, 0.1) is 23.5 Å². The number of anilines is 2. The van der Waals surface area contributed by atoms with Crippen molar-refractivity contribution < 1.29 is 4.52 Å². The minimum Gasteiger partial charge on any atom is -0.369 e. The minimum absolute atomic E-state index is 0.169. The highest BCUT2D eigenvalue weighted by atomic mass is 16.5. The minimum atomic E-state index is -0.526. The first-order valence-corrected chi connectivity index (χ1v) is 10.4. The van der Waals surface area contributed by atoms with Crippen molar-refractivity contribution in [1.29, 1.82) is 0 Å². The van der Waals surface area contributed by atoms with E-state index in [-0.39, 0.29) is 11.9 Å². The predicted octanol–water partition coefficient (Wildman–Crippen LogP) is 3.35. The molecule has 4 heterocycles. The third-order valence-electron chi connectivity index (χ3n) is 5.60. The fraction of sp³-hybridized carbons (Fsp3) is 0.318. The van der Waals surface area contributed by atoms with E-state index in [2.05, 4.69) is 61.1 Å². The van der Waals surface area contributed by atoms with E-state index in [0.29, 0.717) is 23.2 Å². The topological polar surface area (TPSA) is 141 Å². The molecule has 4 rings (SSSR count). The van der Waals surface area contributed by atoms with Crippen molar-refractivity contribution in [3.63, 3.8) is 0 Å². The zero-order valence-electron chi connectivity index (χ0n) is 18.4. The molecule has 0 bridgehead atoms. The Bertz CT molecular complexity index is 1170. The highest BCUT2D eigenvalue weighted by molar-refractivity contribution is 5.57. The maximum absolute atomic E-state index is 5.57. The van der Waals surface area contributed by atoms with Crippen LogP contribution in [0.1, 0.15) is 39.1 Å². The first-order chi connectivity index (χ1) is 15.4. The Balaban J connectivity index is 1.64. The lowest BCUT2D eigenvalue weighted by Gasteiger charge is -2.30. The van der Waals surface area contributed by atoms with E-state index in [1.165, 1.54) is 0 Å². The Morgan fingerprint density at radius 1 is 0.969 bits per heavy atom. The van der Waals surface area contributed by atoms with Crippen LogP contribution in [0.4, 0.5) is 11.8 Å². The standard InChI is InChI=1S/C22H25N9O/c1-5-24-18-12-26-17(11-27-18)19-30-20(31-32-19)22(4,13(2)3)15-6-7-16(25-10-15)14-8-28-21(23)29-9-14/h6-13H,5H2,1-4H3,(H,24,27)(H2,23,28,29)/t22-/m1/s1. The van der Waals surface area contributed by atoms with Gasteiger partial charge in [-0.3, -0.25) is 4.98 Å². The average molecular weight is 432 g/mol. The van der Waals surface area contributed by atoms with Crippen LogP contribution in [-0.4, -0.2) is 41.6 Å². The Kier molecular flexibility index (Phi) is 5.76. The number of nitrogens with zero attached hydrogens (tertiary/aromatic N) is 7. The van der Waals surface area contributed by atoms with Gasteiger partial charge in [-0.2, -0.15) is 4.98 Å². The Labute approximate surface area is 185 Å². The fourth-order valence-corrected chi connectivity index (χ4v) is 3.31. The second-order valence-corrected chi connectivity index (χ2v) is 7.86. The Morgan fingerprint density at radius 2 is 1.72 bits per heavy atom. The molecule has 0 saturated carbocycles. The average Bonchev–Trinajstić information content (AvgIpc) is 3.30. The van der Waals surface area contributed by atoms with Crippen LogP contribution in [0.15, 0.2) is 47.6 Å². The Morgan fingerprint density at radius 3 is 2.31 bits per heavy atom. The van der Waals surface area contributed by atoms with Gasteiger partial charge < -0.3 is 15.6 Å². The van der Waals surface area contributed by atoms with Crippen LogP contribution in [0.3, 0.4) is 0 Å². The molecule has 0 spiro atoms. The molecule has 0 amide bonds. The van der Waals surface area contributed by atoms with Crippen molar-refractivity contribution >= 4 is 11.8 Å². The zero-order chi connectivity index (χ0) is 22.7. The summed E-state index contributed by atoms with van der Waals surface area (Å²) in [7, 11) is 0. The lowest BCUT2D eigenvalue weighted by atomic mass is 9.73. The third kappa shape index (κ3) is 3.98. The Hall–Kier alpha value is -3.95. The normalized spacial score (nSPS) is 13.2. The largest absolute Gasteiger partial charge is 0.369 e. The van der Waals surface area contributed by atoms with Crippen LogP contribution in [0.25, 0.3) is 22.8 Å². The van der Waals surface area contributed by atoms with Crippen molar-refractivity contribution in [3.05, 3.63) is 54.5 Å². The molecule has 0 aliphatic heterocycles. The summed E-state index contributed by atoms with van der Waals surface area (Å²) in [6.07, 6.45) is 8.40. The summed E-state index contributed by atoms with van der Waals surface area (Å²) in [5.74, 6) is 1.98. The second kappa shape index (κ2) is 8.66. The lowest BCUT2D eigenvalue weighted by Crippen LogP contribution is -2.31. The predicted molar refractivity (Wildman–Crippen MR) is 120 cm³/mol. The summed E-state index contributed by atoms with van der Waals surface area (Å²) in [6.45, 7) is 9.07. The summed E-state index contributed by atoms with van der Waals surface area (Å²) in [5.41, 5.74) is 8.08. The van der Waals surface area contributed by atoms with Gasteiger partial charge in [0.15, 0.2) is 5.82 Å². The first-order valence-electron chi connectivity index (χ1n) is 10.4. The molecule has 3 N–H and O–H groups in total. The van der Waals surface area contributed by atoms with Crippen LogP contribution < -0.4 is 11.1 Å². The number of rotatable bonds is 7. The fourth-order valence-electron chi connectivity index (χ4n) is 3.31. The third-order valence-corrected chi connectivity index (χ3v) is 5.60. The molecule has 4 aromatic rings. The highest BCUT2D eigenvalue weighted by Crippen LogP contribution is 2.38. The summed E-state index contributed by atoms with van der Waals surface area (Å²) < 4.78 is 5.54. The number of nitrogens with one attached hydrogen (secondary N) is 1. The second-order valence-electron chi connectivity index (χ2n) is 7.86. The molecule has 10 nitrogen and oxygen atoms in total. The van der Waals surface area contributed by atoms with Crippen molar-refractivity contribution in [1.82, 2.24) is 35.1 Å². The molecule has 10 heteroatoms. The van der Waals surface area contributed by atoms with Gasteiger partial charge in [0.2, 0.25) is 5.95 Å². The smallest absolute Gasteiger partial charge is 0.278 e. The molecule has 0 unspecified atom stereocenters. The van der Waals surface area contributed by atoms with E-state index in [1.807, 2.05) is 25.3 Å².